The third kappa shape index (κ3) is 3.51. The zero-order chi connectivity index (χ0) is 17.1. The van der Waals surface area contributed by atoms with E-state index in [2.05, 4.69) is 19.8 Å². The third-order valence-electron chi connectivity index (χ3n) is 6.58. The van der Waals surface area contributed by atoms with E-state index in [1.54, 1.807) is 12.4 Å². The molecule has 0 aromatic carbocycles. The summed E-state index contributed by atoms with van der Waals surface area (Å²) in [5.74, 6) is 2.16. The van der Waals surface area contributed by atoms with Crippen molar-refractivity contribution in [2.24, 2.45) is 11.3 Å². The topological polar surface area (TPSA) is 49.3 Å². The molecule has 25 heavy (non-hydrogen) atoms. The minimum Gasteiger partial charge on any atom is -0.354 e. The second kappa shape index (κ2) is 7.30. The van der Waals surface area contributed by atoms with Crippen LogP contribution in [-0.2, 0) is 4.79 Å². The van der Waals surface area contributed by atoms with E-state index in [1.165, 1.54) is 38.5 Å². The number of piperidine rings is 1. The molecule has 1 aromatic heterocycles. The van der Waals surface area contributed by atoms with Gasteiger partial charge in [0.05, 0.1) is 11.6 Å². The van der Waals surface area contributed by atoms with Crippen molar-refractivity contribution in [3.8, 4) is 0 Å². The molecule has 0 N–H and O–H groups in total. The molecule has 0 bridgehead atoms. The van der Waals surface area contributed by atoms with Gasteiger partial charge in [-0.2, -0.15) is 0 Å². The quantitative estimate of drug-likeness (QED) is 0.843. The van der Waals surface area contributed by atoms with Crippen LogP contribution in [0, 0.1) is 11.3 Å². The fraction of sp³-hybridized carbons (Fsp3) is 0.750. The van der Waals surface area contributed by atoms with Crippen molar-refractivity contribution in [3.05, 3.63) is 18.6 Å². The summed E-state index contributed by atoms with van der Waals surface area (Å²) in [6.07, 6.45) is 16.5. The van der Waals surface area contributed by atoms with Gasteiger partial charge in [0, 0.05) is 38.6 Å². The molecule has 1 atom stereocenters. The molecule has 3 fully saturated rings. The Morgan fingerprint density at radius 3 is 2.76 bits per heavy atom. The van der Waals surface area contributed by atoms with Gasteiger partial charge in [-0.3, -0.25) is 9.78 Å². The van der Waals surface area contributed by atoms with Gasteiger partial charge in [-0.1, -0.05) is 32.1 Å². The molecule has 3 aliphatic rings. The molecule has 1 unspecified atom stereocenters. The van der Waals surface area contributed by atoms with Gasteiger partial charge >= 0.3 is 0 Å². The summed E-state index contributed by atoms with van der Waals surface area (Å²) in [6, 6.07) is 0. The van der Waals surface area contributed by atoms with Gasteiger partial charge in [0.2, 0.25) is 5.91 Å². The van der Waals surface area contributed by atoms with Crippen molar-refractivity contribution >= 4 is 11.7 Å². The number of amides is 1. The maximum atomic E-state index is 13.3. The summed E-state index contributed by atoms with van der Waals surface area (Å²) >= 11 is 0. The molecule has 1 spiro atoms. The van der Waals surface area contributed by atoms with Gasteiger partial charge in [-0.25, -0.2) is 4.98 Å². The molecule has 5 nitrogen and oxygen atoms in total. The second-order valence-electron chi connectivity index (χ2n) is 8.20. The molecule has 1 saturated carbocycles. The van der Waals surface area contributed by atoms with Crippen LogP contribution >= 0.6 is 0 Å². The fourth-order valence-electron chi connectivity index (χ4n) is 5.08. The molecular formula is C20H30N4O. The summed E-state index contributed by atoms with van der Waals surface area (Å²) < 4.78 is 0. The molecule has 1 amide bonds. The number of anilines is 1. The van der Waals surface area contributed by atoms with Crippen LogP contribution in [0.15, 0.2) is 18.6 Å². The fourth-order valence-corrected chi connectivity index (χ4v) is 5.08. The van der Waals surface area contributed by atoms with Crippen LogP contribution in [0.5, 0.6) is 0 Å². The van der Waals surface area contributed by atoms with E-state index in [-0.39, 0.29) is 5.41 Å². The first-order valence-corrected chi connectivity index (χ1v) is 10.1. The van der Waals surface area contributed by atoms with E-state index in [4.69, 9.17) is 0 Å². The SMILES string of the molecule is O=C1N(CCC2CCCCC2)CCCC12CCN(c1cnccn1)C2. The van der Waals surface area contributed by atoms with E-state index in [1.807, 2.05) is 6.20 Å². The van der Waals surface area contributed by atoms with Crippen LogP contribution in [0.4, 0.5) is 5.82 Å². The van der Waals surface area contributed by atoms with Gasteiger partial charge < -0.3 is 9.80 Å². The monoisotopic (exact) mass is 342 g/mol. The molecule has 0 radical (unpaired) electrons. The lowest BCUT2D eigenvalue weighted by Gasteiger charge is -2.40. The molecule has 1 aromatic rings. The van der Waals surface area contributed by atoms with Crippen LogP contribution in [-0.4, -0.2) is 47.0 Å². The number of carbonyl (C=O) groups excluding carboxylic acids is 1. The first-order valence-electron chi connectivity index (χ1n) is 10.1. The van der Waals surface area contributed by atoms with Crippen molar-refractivity contribution in [1.29, 1.82) is 0 Å². The van der Waals surface area contributed by atoms with Gasteiger partial charge in [0.25, 0.3) is 0 Å². The van der Waals surface area contributed by atoms with E-state index in [0.717, 1.165) is 57.2 Å². The first-order chi connectivity index (χ1) is 12.3. The molecule has 4 rings (SSSR count). The minimum atomic E-state index is -0.178. The highest BCUT2D eigenvalue weighted by Crippen LogP contribution is 2.41. The number of aromatic nitrogens is 2. The van der Waals surface area contributed by atoms with E-state index in [0.29, 0.717) is 5.91 Å². The number of carbonyl (C=O) groups is 1. The van der Waals surface area contributed by atoms with Crippen LogP contribution in [0.3, 0.4) is 0 Å². The Labute approximate surface area is 150 Å². The van der Waals surface area contributed by atoms with Gasteiger partial charge in [-0.15, -0.1) is 0 Å². The molecule has 1 aliphatic carbocycles. The maximum Gasteiger partial charge on any atom is 0.230 e. The normalized spacial score (nSPS) is 28.1. The molecule has 2 aliphatic heterocycles. The summed E-state index contributed by atoms with van der Waals surface area (Å²) in [5, 5.41) is 0. The van der Waals surface area contributed by atoms with Gasteiger partial charge in [0.15, 0.2) is 0 Å². The van der Waals surface area contributed by atoms with E-state index < -0.39 is 0 Å². The molecular weight excluding hydrogens is 312 g/mol. The summed E-state index contributed by atoms with van der Waals surface area (Å²) in [7, 11) is 0. The zero-order valence-electron chi connectivity index (χ0n) is 15.2. The zero-order valence-corrected chi connectivity index (χ0v) is 15.2. The Bertz CT molecular complexity index is 587. The maximum absolute atomic E-state index is 13.3. The minimum absolute atomic E-state index is 0.178. The number of nitrogens with zero attached hydrogens (tertiary/aromatic N) is 4. The number of likely N-dealkylation sites (tertiary alicyclic amines) is 1. The van der Waals surface area contributed by atoms with Gasteiger partial charge in [0.1, 0.15) is 5.82 Å². The largest absolute Gasteiger partial charge is 0.354 e. The first kappa shape index (κ1) is 16.8. The lowest BCUT2D eigenvalue weighted by atomic mass is 9.78. The number of rotatable bonds is 4. The van der Waals surface area contributed by atoms with Crippen molar-refractivity contribution in [1.82, 2.24) is 14.9 Å². The number of hydrogen-bond acceptors (Lipinski definition) is 4. The Kier molecular flexibility index (Phi) is 4.91. The highest BCUT2D eigenvalue weighted by Gasteiger charge is 2.48. The predicted octanol–water partition coefficient (Wildman–Crippen LogP) is 3.27. The Balaban J connectivity index is 1.38. The van der Waals surface area contributed by atoms with Crippen molar-refractivity contribution < 1.29 is 4.79 Å². The lowest BCUT2D eigenvalue weighted by Crippen LogP contribution is -2.50. The molecule has 2 saturated heterocycles. The highest BCUT2D eigenvalue weighted by atomic mass is 16.2. The summed E-state index contributed by atoms with van der Waals surface area (Å²) in [6.45, 7) is 3.65. The Morgan fingerprint density at radius 1 is 1.08 bits per heavy atom. The van der Waals surface area contributed by atoms with Crippen LogP contribution in [0.25, 0.3) is 0 Å². The van der Waals surface area contributed by atoms with Crippen molar-refractivity contribution in [2.45, 2.75) is 57.8 Å². The molecule has 3 heterocycles. The standard InChI is InChI=1S/C20H30N4O/c25-19-20(9-14-24(16-20)18-15-21-10-11-22-18)8-4-12-23(19)13-7-17-5-2-1-3-6-17/h10-11,15,17H,1-9,12-14,16H2. The third-order valence-corrected chi connectivity index (χ3v) is 6.58. The predicted molar refractivity (Wildman–Crippen MR) is 98.3 cm³/mol. The smallest absolute Gasteiger partial charge is 0.230 e. The van der Waals surface area contributed by atoms with Crippen LogP contribution < -0.4 is 4.90 Å². The summed E-state index contributed by atoms with van der Waals surface area (Å²) in [4.78, 5) is 26.3. The number of hydrogen-bond donors (Lipinski definition) is 0. The van der Waals surface area contributed by atoms with E-state index >= 15 is 0 Å². The van der Waals surface area contributed by atoms with Crippen molar-refractivity contribution in [2.75, 3.05) is 31.1 Å². The van der Waals surface area contributed by atoms with Crippen LogP contribution in [0.2, 0.25) is 0 Å². The second-order valence-corrected chi connectivity index (χ2v) is 8.20. The highest BCUT2D eigenvalue weighted by molar-refractivity contribution is 5.85. The molecule has 5 heteroatoms. The van der Waals surface area contributed by atoms with Crippen LogP contribution in [0.1, 0.15) is 57.8 Å². The average molecular weight is 342 g/mol. The average Bonchev–Trinajstić information content (AvgIpc) is 3.10. The summed E-state index contributed by atoms with van der Waals surface area (Å²) in [5.41, 5.74) is -0.178. The van der Waals surface area contributed by atoms with Gasteiger partial charge in [-0.05, 0) is 31.6 Å². The Morgan fingerprint density at radius 2 is 1.96 bits per heavy atom. The lowest BCUT2D eigenvalue weighted by molar-refractivity contribution is -0.145. The Hall–Kier alpha value is -1.65. The molecule has 136 valence electrons. The van der Waals surface area contributed by atoms with E-state index in [9.17, 15) is 4.79 Å². The van der Waals surface area contributed by atoms with Crippen molar-refractivity contribution in [3.63, 3.8) is 0 Å².